The molecule has 0 fully saturated rings. The lowest BCUT2D eigenvalue weighted by Crippen LogP contribution is -2.05. The van der Waals surface area contributed by atoms with Crippen molar-refractivity contribution in [2.24, 2.45) is 0 Å². The van der Waals surface area contributed by atoms with Crippen molar-refractivity contribution >= 4 is 39.1 Å². The van der Waals surface area contributed by atoms with E-state index >= 15 is 0 Å². The predicted octanol–water partition coefficient (Wildman–Crippen LogP) is 5.67. The third kappa shape index (κ3) is 6.50. The molecule has 0 atom stereocenters. The highest BCUT2D eigenvalue weighted by Crippen LogP contribution is 2.31. The SMILES string of the molecule is CCc1cc(OCC=C(Cl)Cl)cc(CC)c1OCCCBr. The first-order chi connectivity index (χ1) is 10.1. The minimum absolute atomic E-state index is 0.219. The van der Waals surface area contributed by atoms with Gasteiger partial charge in [-0.25, -0.2) is 0 Å². The van der Waals surface area contributed by atoms with Gasteiger partial charge in [0.25, 0.3) is 0 Å². The van der Waals surface area contributed by atoms with E-state index in [2.05, 4.69) is 29.8 Å². The van der Waals surface area contributed by atoms with Crippen molar-refractivity contribution < 1.29 is 9.47 Å². The average Bonchev–Trinajstić information content (AvgIpc) is 2.47. The van der Waals surface area contributed by atoms with Gasteiger partial charge >= 0.3 is 0 Å². The fourth-order valence-corrected chi connectivity index (χ4v) is 2.30. The Morgan fingerprint density at radius 3 is 2.24 bits per heavy atom. The standard InChI is InChI=1S/C16H21BrCl2O2/c1-3-12-10-14(20-9-6-15(18)19)11-13(4-2)16(12)21-8-5-7-17/h6,10-11H,3-5,7-9H2,1-2H3. The van der Waals surface area contributed by atoms with E-state index in [0.29, 0.717) is 6.61 Å². The van der Waals surface area contributed by atoms with E-state index in [0.717, 1.165) is 42.7 Å². The molecule has 0 aliphatic carbocycles. The maximum atomic E-state index is 5.95. The second kappa shape index (κ2) is 10.4. The molecule has 0 heterocycles. The summed E-state index contributed by atoms with van der Waals surface area (Å²) in [6, 6.07) is 4.05. The second-order valence-corrected chi connectivity index (χ2v) is 6.27. The summed E-state index contributed by atoms with van der Waals surface area (Å²) in [5.74, 6) is 1.82. The third-order valence-electron chi connectivity index (χ3n) is 2.99. The number of hydrogen-bond donors (Lipinski definition) is 0. The lowest BCUT2D eigenvalue weighted by molar-refractivity contribution is 0.310. The summed E-state index contributed by atoms with van der Waals surface area (Å²) in [6.45, 7) is 5.31. The minimum Gasteiger partial charge on any atom is -0.493 e. The summed E-state index contributed by atoms with van der Waals surface area (Å²) < 4.78 is 11.8. The van der Waals surface area contributed by atoms with E-state index in [1.165, 1.54) is 11.1 Å². The number of ether oxygens (including phenoxy) is 2. The van der Waals surface area contributed by atoms with Gasteiger partial charge in [0.2, 0.25) is 0 Å². The van der Waals surface area contributed by atoms with Gasteiger partial charge in [-0.15, -0.1) is 0 Å². The van der Waals surface area contributed by atoms with Crippen LogP contribution < -0.4 is 9.47 Å². The van der Waals surface area contributed by atoms with Crippen LogP contribution >= 0.6 is 39.1 Å². The molecule has 5 heteroatoms. The van der Waals surface area contributed by atoms with Crippen molar-refractivity contribution in [3.8, 4) is 11.5 Å². The fourth-order valence-electron chi connectivity index (χ4n) is 1.95. The Labute approximate surface area is 145 Å². The summed E-state index contributed by atoms with van der Waals surface area (Å²) in [7, 11) is 0. The molecule has 0 radical (unpaired) electrons. The van der Waals surface area contributed by atoms with Crippen LogP contribution in [0, 0.1) is 0 Å². The molecule has 0 unspecified atom stereocenters. The van der Waals surface area contributed by atoms with E-state index in [9.17, 15) is 0 Å². The van der Waals surface area contributed by atoms with Gasteiger partial charge < -0.3 is 9.47 Å². The molecule has 1 aromatic carbocycles. The Morgan fingerprint density at radius 2 is 1.76 bits per heavy atom. The highest BCUT2D eigenvalue weighted by molar-refractivity contribution is 9.09. The van der Waals surface area contributed by atoms with Crippen LogP contribution in [0.2, 0.25) is 0 Å². The van der Waals surface area contributed by atoms with Crippen molar-refractivity contribution in [3.63, 3.8) is 0 Å². The van der Waals surface area contributed by atoms with E-state index in [4.69, 9.17) is 32.7 Å². The first-order valence-corrected chi connectivity index (χ1v) is 8.98. The molecule has 1 aromatic rings. The molecule has 21 heavy (non-hydrogen) atoms. The summed E-state index contributed by atoms with van der Waals surface area (Å²) in [6.07, 6.45) is 4.42. The number of rotatable bonds is 9. The maximum Gasteiger partial charge on any atom is 0.125 e. The fraction of sp³-hybridized carbons (Fsp3) is 0.500. The van der Waals surface area contributed by atoms with Gasteiger partial charge in [-0.2, -0.15) is 0 Å². The molecular formula is C16H21BrCl2O2. The van der Waals surface area contributed by atoms with Crippen molar-refractivity contribution in [2.75, 3.05) is 18.5 Å². The zero-order valence-corrected chi connectivity index (χ0v) is 15.5. The number of aryl methyl sites for hydroxylation is 2. The predicted molar refractivity (Wildman–Crippen MR) is 94.4 cm³/mol. The van der Waals surface area contributed by atoms with Crippen LogP contribution in [-0.4, -0.2) is 18.5 Å². The Morgan fingerprint density at radius 1 is 1.14 bits per heavy atom. The van der Waals surface area contributed by atoms with E-state index < -0.39 is 0 Å². The molecule has 0 N–H and O–H groups in total. The quantitative estimate of drug-likeness (QED) is 0.396. The Kier molecular flexibility index (Phi) is 9.21. The van der Waals surface area contributed by atoms with Gasteiger partial charge in [-0.3, -0.25) is 0 Å². The van der Waals surface area contributed by atoms with Crippen LogP contribution in [0.5, 0.6) is 11.5 Å². The van der Waals surface area contributed by atoms with Crippen LogP contribution in [0.1, 0.15) is 31.4 Å². The van der Waals surface area contributed by atoms with Crippen molar-refractivity contribution in [1.82, 2.24) is 0 Å². The highest BCUT2D eigenvalue weighted by Gasteiger charge is 2.11. The lowest BCUT2D eigenvalue weighted by atomic mass is 10.0. The van der Waals surface area contributed by atoms with Crippen molar-refractivity contribution in [2.45, 2.75) is 33.1 Å². The topological polar surface area (TPSA) is 18.5 Å². The van der Waals surface area contributed by atoms with Crippen LogP contribution in [0.3, 0.4) is 0 Å². The molecule has 0 saturated carbocycles. The molecule has 1 rings (SSSR count). The molecular weight excluding hydrogens is 375 g/mol. The highest BCUT2D eigenvalue weighted by atomic mass is 79.9. The summed E-state index contributed by atoms with van der Waals surface area (Å²) in [5.41, 5.74) is 2.33. The largest absolute Gasteiger partial charge is 0.493 e. The summed E-state index contributed by atoms with van der Waals surface area (Å²) in [5, 5.41) is 0.947. The second-order valence-electron chi connectivity index (χ2n) is 4.47. The van der Waals surface area contributed by atoms with Gasteiger partial charge in [0.05, 0.1) is 6.61 Å². The zero-order valence-electron chi connectivity index (χ0n) is 12.4. The normalized spacial score (nSPS) is 10.3. The molecule has 0 bridgehead atoms. The molecule has 0 spiro atoms. The Bertz CT molecular complexity index is 446. The third-order valence-corrected chi connectivity index (χ3v) is 3.86. The average molecular weight is 396 g/mol. The molecule has 0 amide bonds. The van der Waals surface area contributed by atoms with E-state index in [1.54, 1.807) is 6.08 Å². The maximum absolute atomic E-state index is 5.95. The molecule has 2 nitrogen and oxygen atoms in total. The van der Waals surface area contributed by atoms with Crippen molar-refractivity contribution in [3.05, 3.63) is 33.8 Å². The smallest absolute Gasteiger partial charge is 0.125 e. The van der Waals surface area contributed by atoms with Crippen LogP contribution in [0.15, 0.2) is 22.7 Å². The molecule has 118 valence electrons. The van der Waals surface area contributed by atoms with Gasteiger partial charge in [0, 0.05) is 5.33 Å². The Hall–Kier alpha value is -0.380. The molecule has 0 aromatic heterocycles. The van der Waals surface area contributed by atoms with Crippen LogP contribution in [0.25, 0.3) is 0 Å². The first kappa shape index (κ1) is 18.7. The van der Waals surface area contributed by atoms with Gasteiger partial charge in [0.15, 0.2) is 0 Å². The van der Waals surface area contributed by atoms with Crippen molar-refractivity contribution in [1.29, 1.82) is 0 Å². The number of hydrogen-bond acceptors (Lipinski definition) is 2. The first-order valence-electron chi connectivity index (χ1n) is 7.10. The number of benzene rings is 1. The van der Waals surface area contributed by atoms with Gasteiger partial charge in [-0.1, -0.05) is 53.0 Å². The monoisotopic (exact) mass is 394 g/mol. The molecule has 0 aliphatic rings. The van der Waals surface area contributed by atoms with Crippen LogP contribution in [0.4, 0.5) is 0 Å². The number of alkyl halides is 1. The lowest BCUT2D eigenvalue weighted by Gasteiger charge is -2.16. The molecule has 0 saturated heterocycles. The van der Waals surface area contributed by atoms with Crippen LogP contribution in [-0.2, 0) is 12.8 Å². The van der Waals surface area contributed by atoms with Gasteiger partial charge in [0.1, 0.15) is 22.6 Å². The summed E-state index contributed by atoms with van der Waals surface area (Å²) in [4.78, 5) is 0. The minimum atomic E-state index is 0.219. The van der Waals surface area contributed by atoms with Gasteiger partial charge in [-0.05, 0) is 48.6 Å². The number of halogens is 3. The zero-order chi connectivity index (χ0) is 15.7. The van der Waals surface area contributed by atoms with E-state index in [1.807, 2.05) is 12.1 Å². The summed E-state index contributed by atoms with van der Waals surface area (Å²) >= 11 is 14.6. The molecule has 0 aliphatic heterocycles. The van der Waals surface area contributed by atoms with E-state index in [-0.39, 0.29) is 4.49 Å². The Balaban J connectivity index is 2.91.